The van der Waals surface area contributed by atoms with Crippen LogP contribution in [0.4, 0.5) is 4.39 Å². The summed E-state index contributed by atoms with van der Waals surface area (Å²) in [5.74, 6) is 0.0740. The molecule has 1 saturated heterocycles. The Bertz CT molecular complexity index is 1160. The lowest BCUT2D eigenvalue weighted by Crippen LogP contribution is -2.50. The Hall–Kier alpha value is -2.74. The minimum Gasteiger partial charge on any atom is -0.611 e. The molecule has 0 spiro atoms. The number of piperazine rings is 1. The molecule has 2 aliphatic rings. The zero-order chi connectivity index (χ0) is 22.2. The van der Waals surface area contributed by atoms with Gasteiger partial charge in [-0.25, -0.2) is 4.39 Å². The van der Waals surface area contributed by atoms with Crippen molar-refractivity contribution in [1.82, 2.24) is 14.8 Å². The average molecular weight is 450 g/mol. The molecule has 1 aromatic heterocycles. The topological polar surface area (TPSA) is 59.5 Å². The van der Waals surface area contributed by atoms with Gasteiger partial charge in [0.2, 0.25) is 0 Å². The van der Waals surface area contributed by atoms with Crippen molar-refractivity contribution >= 4 is 17.1 Å². The van der Waals surface area contributed by atoms with Gasteiger partial charge in [-0.1, -0.05) is 24.3 Å². The van der Waals surface area contributed by atoms with Crippen molar-refractivity contribution in [2.45, 2.75) is 23.6 Å². The molecule has 0 saturated carbocycles. The lowest BCUT2D eigenvalue weighted by atomic mass is 9.93. The summed E-state index contributed by atoms with van der Waals surface area (Å²) < 4.78 is 27.3. The molecule has 0 bridgehead atoms. The van der Waals surface area contributed by atoms with Crippen molar-refractivity contribution in [1.29, 1.82) is 0 Å². The van der Waals surface area contributed by atoms with Crippen molar-refractivity contribution in [3.63, 3.8) is 0 Å². The molecule has 1 amide bonds. The van der Waals surface area contributed by atoms with Crippen LogP contribution in [0.1, 0.15) is 38.7 Å². The van der Waals surface area contributed by atoms with E-state index in [2.05, 4.69) is 9.88 Å². The van der Waals surface area contributed by atoms with Gasteiger partial charge in [0.1, 0.15) is 11.6 Å². The van der Waals surface area contributed by atoms with Crippen LogP contribution in [-0.2, 0) is 16.9 Å². The van der Waals surface area contributed by atoms with E-state index in [0.717, 1.165) is 22.3 Å². The molecule has 0 aliphatic carbocycles. The first-order valence-corrected chi connectivity index (χ1v) is 12.0. The number of fused-ring (bicyclic) bond motifs is 2. The van der Waals surface area contributed by atoms with Crippen LogP contribution in [0.3, 0.4) is 0 Å². The molecule has 1 fully saturated rings. The van der Waals surface area contributed by atoms with Gasteiger partial charge in [0, 0.05) is 49.7 Å². The number of carbonyl (C=O) groups is 1. The van der Waals surface area contributed by atoms with E-state index in [-0.39, 0.29) is 17.8 Å². The first-order chi connectivity index (χ1) is 15.5. The molecular weight excluding hydrogens is 425 g/mol. The number of rotatable bonds is 2. The summed E-state index contributed by atoms with van der Waals surface area (Å²) in [5, 5.41) is 0. The fourth-order valence-corrected chi connectivity index (χ4v) is 6.04. The summed E-state index contributed by atoms with van der Waals surface area (Å²) in [7, 11) is 0. The van der Waals surface area contributed by atoms with E-state index in [1.54, 1.807) is 18.5 Å². The third kappa shape index (κ3) is 3.92. The highest BCUT2D eigenvalue weighted by Crippen LogP contribution is 2.40. The van der Waals surface area contributed by atoms with Gasteiger partial charge < -0.3 is 9.45 Å². The Morgan fingerprint density at radius 2 is 1.84 bits per heavy atom. The molecule has 0 radical (unpaired) electrons. The molecule has 0 N–H and O–H groups in total. The van der Waals surface area contributed by atoms with Crippen LogP contribution in [0, 0.1) is 12.7 Å². The Kier molecular flexibility index (Phi) is 5.71. The number of halogens is 1. The van der Waals surface area contributed by atoms with E-state index in [1.165, 1.54) is 12.1 Å². The van der Waals surface area contributed by atoms with E-state index in [4.69, 9.17) is 0 Å². The van der Waals surface area contributed by atoms with E-state index in [1.807, 2.05) is 42.2 Å². The van der Waals surface area contributed by atoms with Crippen LogP contribution in [0.15, 0.2) is 65.8 Å². The maximum Gasteiger partial charge on any atom is 0.255 e. The minimum atomic E-state index is -1.23. The van der Waals surface area contributed by atoms with Crippen molar-refractivity contribution in [2.75, 3.05) is 26.2 Å². The summed E-state index contributed by atoms with van der Waals surface area (Å²) in [6, 6.07) is 14.2. The predicted octanol–water partition coefficient (Wildman–Crippen LogP) is 3.70. The molecular formula is C25H24FN3O2S. The number of hydrogen-bond acceptors (Lipinski definition) is 4. The summed E-state index contributed by atoms with van der Waals surface area (Å²) >= 11 is -1.23. The second-order valence-electron chi connectivity index (χ2n) is 8.35. The number of amides is 1. The lowest BCUT2D eigenvalue weighted by molar-refractivity contribution is 0.0595. The lowest BCUT2D eigenvalue weighted by Gasteiger charge is -2.39. The number of aryl methyl sites for hydroxylation is 1. The molecule has 32 heavy (non-hydrogen) atoms. The zero-order valence-electron chi connectivity index (χ0n) is 17.8. The summed E-state index contributed by atoms with van der Waals surface area (Å²) in [6.45, 7) is 4.35. The molecule has 2 unspecified atom stereocenters. The third-order valence-electron chi connectivity index (χ3n) is 6.24. The van der Waals surface area contributed by atoms with Gasteiger partial charge >= 0.3 is 0 Å². The molecule has 3 heterocycles. The van der Waals surface area contributed by atoms with E-state index < -0.39 is 11.2 Å². The van der Waals surface area contributed by atoms with Crippen LogP contribution < -0.4 is 0 Å². The van der Waals surface area contributed by atoms with E-state index in [9.17, 15) is 13.7 Å². The van der Waals surface area contributed by atoms with Gasteiger partial charge in [-0.15, -0.1) is 0 Å². The van der Waals surface area contributed by atoms with E-state index >= 15 is 0 Å². The number of carbonyl (C=O) groups excluding carboxylic acids is 1. The maximum atomic E-state index is 14.3. The molecule has 164 valence electrons. The van der Waals surface area contributed by atoms with Gasteiger partial charge in [-0.3, -0.25) is 14.7 Å². The fraction of sp³-hybridized carbons (Fsp3) is 0.280. The molecule has 5 rings (SSSR count). The quantitative estimate of drug-likeness (QED) is 0.560. The first-order valence-electron chi connectivity index (χ1n) is 10.7. The SMILES string of the molecule is Cc1cncc(C(=O)N2CCN(C3c4ccccc4C[S+]([O-])c4ccc(F)cc43)CC2)c1. The largest absolute Gasteiger partial charge is 0.611 e. The van der Waals surface area contributed by atoms with Crippen LogP contribution in [-0.4, -0.2) is 51.4 Å². The molecule has 3 aromatic rings. The van der Waals surface area contributed by atoms with Crippen molar-refractivity contribution in [3.05, 3.63) is 94.6 Å². The van der Waals surface area contributed by atoms with Crippen LogP contribution in [0.2, 0.25) is 0 Å². The highest BCUT2D eigenvalue weighted by Gasteiger charge is 2.36. The standard InChI is InChI=1S/C25H24FN3O2S/c1-17-12-19(15-27-14-17)25(30)29-10-8-28(9-11-29)24-21-5-3-2-4-18(21)16-32(31)23-7-6-20(26)13-22(23)24/h2-7,12-15,24H,8-11,16H2,1H3. The number of pyridine rings is 1. The zero-order valence-corrected chi connectivity index (χ0v) is 18.6. The van der Waals surface area contributed by atoms with E-state index in [0.29, 0.717) is 42.4 Å². The number of hydrogen-bond donors (Lipinski definition) is 0. The molecule has 2 aliphatic heterocycles. The van der Waals surface area contributed by atoms with Gasteiger partial charge in [0.25, 0.3) is 5.91 Å². The summed E-state index contributed by atoms with van der Waals surface area (Å²) in [4.78, 5) is 21.9. The second kappa shape index (κ2) is 8.65. The predicted molar refractivity (Wildman–Crippen MR) is 121 cm³/mol. The third-order valence-corrected chi connectivity index (χ3v) is 7.67. The highest BCUT2D eigenvalue weighted by atomic mass is 32.2. The van der Waals surface area contributed by atoms with Crippen molar-refractivity contribution in [2.24, 2.45) is 0 Å². The molecule has 2 aromatic carbocycles. The fourth-order valence-electron chi connectivity index (χ4n) is 4.69. The smallest absolute Gasteiger partial charge is 0.255 e. The van der Waals surface area contributed by atoms with Crippen molar-refractivity contribution < 1.29 is 13.7 Å². The normalized spacial score (nSPS) is 20.9. The van der Waals surface area contributed by atoms with Crippen LogP contribution >= 0.6 is 0 Å². The number of nitrogens with zero attached hydrogens (tertiary/aromatic N) is 3. The minimum absolute atomic E-state index is 0.0188. The van der Waals surface area contributed by atoms with Gasteiger partial charge in [0.15, 0.2) is 4.90 Å². The van der Waals surface area contributed by atoms with Gasteiger partial charge in [0.05, 0.1) is 11.6 Å². The average Bonchev–Trinajstić information content (AvgIpc) is 2.92. The summed E-state index contributed by atoms with van der Waals surface area (Å²) in [5.41, 5.74) is 4.40. The Balaban J connectivity index is 1.45. The number of benzene rings is 2. The van der Waals surface area contributed by atoms with Crippen molar-refractivity contribution in [3.8, 4) is 0 Å². The van der Waals surface area contributed by atoms with Crippen LogP contribution in [0.25, 0.3) is 0 Å². The monoisotopic (exact) mass is 449 g/mol. The molecule has 2 atom stereocenters. The molecule has 5 nitrogen and oxygen atoms in total. The Morgan fingerprint density at radius 1 is 1.06 bits per heavy atom. The highest BCUT2D eigenvalue weighted by molar-refractivity contribution is 7.90. The molecule has 7 heteroatoms. The Labute approximate surface area is 190 Å². The summed E-state index contributed by atoms with van der Waals surface area (Å²) in [6.07, 6.45) is 3.34. The van der Waals surface area contributed by atoms with Gasteiger partial charge in [-0.2, -0.15) is 0 Å². The Morgan fingerprint density at radius 3 is 2.62 bits per heavy atom. The second-order valence-corrected chi connectivity index (χ2v) is 9.77. The van der Waals surface area contributed by atoms with Crippen LogP contribution in [0.5, 0.6) is 0 Å². The number of aromatic nitrogens is 1. The maximum absolute atomic E-state index is 14.3. The first kappa shape index (κ1) is 21.1. The van der Waals surface area contributed by atoms with Gasteiger partial charge in [-0.05, 0) is 53.5 Å².